The first kappa shape index (κ1) is 14.9. The number of hydrogen-bond acceptors (Lipinski definition) is 3. The topological polar surface area (TPSA) is 56.8 Å². The summed E-state index contributed by atoms with van der Waals surface area (Å²) in [6.07, 6.45) is 0.588. The average Bonchev–Trinajstić information content (AvgIpc) is 2.53. The van der Waals surface area contributed by atoms with E-state index in [9.17, 15) is 5.26 Å². The summed E-state index contributed by atoms with van der Waals surface area (Å²) in [5.41, 5.74) is 1.49. The van der Waals surface area contributed by atoms with E-state index in [1.807, 2.05) is 12.1 Å². The van der Waals surface area contributed by atoms with E-state index < -0.39 is 0 Å². The van der Waals surface area contributed by atoms with E-state index in [4.69, 9.17) is 21.6 Å². The van der Waals surface area contributed by atoms with Crippen LogP contribution in [0.1, 0.15) is 23.5 Å². The molecule has 4 heteroatoms. The van der Waals surface area contributed by atoms with Crippen molar-refractivity contribution in [1.29, 1.82) is 10.5 Å². The third-order valence-electron chi connectivity index (χ3n) is 3.09. The minimum absolute atomic E-state index is 0.245. The predicted molar refractivity (Wildman–Crippen MR) is 81.1 cm³/mol. The third kappa shape index (κ3) is 4.24. The number of halogens is 1. The fraction of sp³-hybridized carbons (Fsp3) is 0.176. The van der Waals surface area contributed by atoms with Crippen LogP contribution in [0.25, 0.3) is 0 Å². The summed E-state index contributed by atoms with van der Waals surface area (Å²) in [5, 5.41) is 18.7. The lowest BCUT2D eigenvalue weighted by Crippen LogP contribution is -2.04. The first-order chi connectivity index (χ1) is 10.2. The molecule has 0 N–H and O–H groups in total. The Bertz CT molecular complexity index is 666. The van der Waals surface area contributed by atoms with Crippen LogP contribution in [0.4, 0.5) is 0 Å². The molecule has 0 fully saturated rings. The molecule has 0 aliphatic rings. The second kappa shape index (κ2) is 7.33. The van der Waals surface area contributed by atoms with Gasteiger partial charge in [-0.25, -0.2) is 0 Å². The van der Waals surface area contributed by atoms with Gasteiger partial charge < -0.3 is 4.74 Å². The molecule has 104 valence electrons. The van der Waals surface area contributed by atoms with Gasteiger partial charge in [-0.3, -0.25) is 0 Å². The van der Waals surface area contributed by atoms with Crippen molar-refractivity contribution in [3.05, 3.63) is 64.7 Å². The average molecular weight is 297 g/mol. The molecular formula is C17H13ClN2O. The molecule has 0 saturated carbocycles. The molecule has 0 radical (unpaired) electrons. The fourth-order valence-corrected chi connectivity index (χ4v) is 2.05. The molecule has 0 aromatic heterocycles. The number of nitrogens with zero attached hydrogens (tertiary/aromatic N) is 2. The maximum Gasteiger partial charge on any atom is 0.119 e. The van der Waals surface area contributed by atoms with E-state index in [-0.39, 0.29) is 5.92 Å². The summed E-state index contributed by atoms with van der Waals surface area (Å²) in [6, 6.07) is 18.5. The molecule has 0 aliphatic heterocycles. The Morgan fingerprint density at radius 1 is 1.00 bits per heavy atom. The smallest absolute Gasteiger partial charge is 0.119 e. The van der Waals surface area contributed by atoms with Crippen LogP contribution in [0.3, 0.4) is 0 Å². The second-order valence-electron chi connectivity index (χ2n) is 4.51. The van der Waals surface area contributed by atoms with Gasteiger partial charge in [0.15, 0.2) is 0 Å². The van der Waals surface area contributed by atoms with Crippen molar-refractivity contribution in [2.24, 2.45) is 0 Å². The van der Waals surface area contributed by atoms with E-state index in [0.717, 1.165) is 11.3 Å². The molecular weight excluding hydrogens is 284 g/mol. The molecule has 0 saturated heterocycles. The molecule has 1 unspecified atom stereocenters. The van der Waals surface area contributed by atoms with Crippen molar-refractivity contribution in [3.8, 4) is 17.9 Å². The highest BCUT2D eigenvalue weighted by Crippen LogP contribution is 2.21. The fourth-order valence-electron chi connectivity index (χ4n) is 1.92. The zero-order valence-electron chi connectivity index (χ0n) is 11.3. The highest BCUT2D eigenvalue weighted by Gasteiger charge is 2.10. The Hall–Kier alpha value is -2.49. The summed E-state index contributed by atoms with van der Waals surface area (Å²) in [4.78, 5) is 0. The van der Waals surface area contributed by atoms with Gasteiger partial charge in [-0.2, -0.15) is 10.5 Å². The quantitative estimate of drug-likeness (QED) is 0.827. The lowest BCUT2D eigenvalue weighted by molar-refractivity contribution is 0.306. The maximum atomic E-state index is 9.25. The summed E-state index contributed by atoms with van der Waals surface area (Å²) >= 11 is 5.80. The molecule has 0 amide bonds. The van der Waals surface area contributed by atoms with Crippen molar-refractivity contribution < 1.29 is 4.74 Å². The van der Waals surface area contributed by atoms with Gasteiger partial charge in [-0.15, -0.1) is 0 Å². The number of nitriles is 2. The van der Waals surface area contributed by atoms with Crippen molar-refractivity contribution in [2.75, 3.05) is 6.61 Å². The Kier molecular flexibility index (Phi) is 5.21. The van der Waals surface area contributed by atoms with Crippen LogP contribution < -0.4 is 4.74 Å². The van der Waals surface area contributed by atoms with Gasteiger partial charge in [0.2, 0.25) is 0 Å². The van der Waals surface area contributed by atoms with E-state index in [0.29, 0.717) is 23.6 Å². The van der Waals surface area contributed by atoms with Crippen LogP contribution in [-0.4, -0.2) is 6.61 Å². The molecule has 0 heterocycles. The molecule has 0 spiro atoms. The van der Waals surface area contributed by atoms with Gasteiger partial charge in [0.25, 0.3) is 0 Å². The molecule has 21 heavy (non-hydrogen) atoms. The Morgan fingerprint density at radius 3 is 2.24 bits per heavy atom. The molecule has 3 nitrogen and oxygen atoms in total. The van der Waals surface area contributed by atoms with Crippen LogP contribution in [0.2, 0.25) is 5.02 Å². The van der Waals surface area contributed by atoms with E-state index in [1.54, 1.807) is 36.4 Å². The van der Waals surface area contributed by atoms with E-state index >= 15 is 0 Å². The summed E-state index contributed by atoms with van der Waals surface area (Å²) in [6.45, 7) is 0.444. The SMILES string of the molecule is N#Cc1ccc(C(C#N)CCOc2ccc(Cl)cc2)cc1. The van der Waals surface area contributed by atoms with Crippen LogP contribution >= 0.6 is 11.6 Å². The first-order valence-electron chi connectivity index (χ1n) is 6.51. The zero-order valence-corrected chi connectivity index (χ0v) is 12.0. The van der Waals surface area contributed by atoms with Gasteiger partial charge in [0, 0.05) is 11.4 Å². The standard InChI is InChI=1S/C17H13ClN2O/c18-16-5-7-17(8-6-16)21-10-9-15(12-20)14-3-1-13(11-19)2-4-14/h1-8,15H,9-10H2. The monoisotopic (exact) mass is 296 g/mol. The lowest BCUT2D eigenvalue weighted by Gasteiger charge is -2.11. The number of rotatable bonds is 5. The molecule has 2 aromatic carbocycles. The van der Waals surface area contributed by atoms with Gasteiger partial charge in [-0.05, 0) is 42.0 Å². The van der Waals surface area contributed by atoms with E-state index in [1.165, 1.54) is 0 Å². The predicted octanol–water partition coefficient (Wildman–Crippen LogP) is 4.29. The second-order valence-corrected chi connectivity index (χ2v) is 4.94. The molecule has 2 rings (SSSR count). The maximum absolute atomic E-state index is 9.25. The molecule has 2 aromatic rings. The van der Waals surface area contributed by atoms with Crippen LogP contribution in [-0.2, 0) is 0 Å². The summed E-state index contributed by atoms with van der Waals surface area (Å²) in [5.74, 6) is 0.487. The van der Waals surface area contributed by atoms with Gasteiger partial charge in [-0.1, -0.05) is 23.7 Å². The Morgan fingerprint density at radius 2 is 1.67 bits per heavy atom. The van der Waals surface area contributed by atoms with Crippen molar-refractivity contribution in [3.63, 3.8) is 0 Å². The highest BCUT2D eigenvalue weighted by atomic mass is 35.5. The summed E-state index contributed by atoms with van der Waals surface area (Å²) < 4.78 is 5.60. The number of ether oxygens (including phenoxy) is 1. The molecule has 0 bridgehead atoms. The van der Waals surface area contributed by atoms with Crippen LogP contribution in [0, 0.1) is 22.7 Å². The number of benzene rings is 2. The number of hydrogen-bond donors (Lipinski definition) is 0. The van der Waals surface area contributed by atoms with Gasteiger partial charge in [0.05, 0.1) is 30.2 Å². The zero-order chi connectivity index (χ0) is 15.1. The van der Waals surface area contributed by atoms with Gasteiger partial charge in [0.1, 0.15) is 5.75 Å². The Labute approximate surface area is 129 Å². The first-order valence-corrected chi connectivity index (χ1v) is 6.89. The van der Waals surface area contributed by atoms with Gasteiger partial charge >= 0.3 is 0 Å². The lowest BCUT2D eigenvalue weighted by atomic mass is 9.97. The normalized spacial score (nSPS) is 11.2. The van der Waals surface area contributed by atoms with Crippen LogP contribution in [0.15, 0.2) is 48.5 Å². The minimum atomic E-state index is -0.245. The van der Waals surface area contributed by atoms with Crippen molar-refractivity contribution in [2.45, 2.75) is 12.3 Å². The summed E-state index contributed by atoms with van der Waals surface area (Å²) in [7, 11) is 0. The van der Waals surface area contributed by atoms with Crippen LogP contribution in [0.5, 0.6) is 5.75 Å². The largest absolute Gasteiger partial charge is 0.494 e. The molecule has 1 atom stereocenters. The Balaban J connectivity index is 1.92. The van der Waals surface area contributed by atoms with E-state index in [2.05, 4.69) is 12.1 Å². The third-order valence-corrected chi connectivity index (χ3v) is 3.34. The highest BCUT2D eigenvalue weighted by molar-refractivity contribution is 6.30. The van der Waals surface area contributed by atoms with Crippen molar-refractivity contribution >= 4 is 11.6 Å². The molecule has 0 aliphatic carbocycles. The van der Waals surface area contributed by atoms with Crippen molar-refractivity contribution in [1.82, 2.24) is 0 Å². The minimum Gasteiger partial charge on any atom is -0.494 e.